The zero-order valence-corrected chi connectivity index (χ0v) is 16.5. The van der Waals surface area contributed by atoms with E-state index in [0.717, 1.165) is 36.9 Å². The summed E-state index contributed by atoms with van der Waals surface area (Å²) in [5.74, 6) is -0.503. The highest BCUT2D eigenvalue weighted by Crippen LogP contribution is 2.38. The van der Waals surface area contributed by atoms with E-state index in [0.29, 0.717) is 28.7 Å². The van der Waals surface area contributed by atoms with Crippen molar-refractivity contribution in [2.24, 2.45) is 0 Å². The van der Waals surface area contributed by atoms with Gasteiger partial charge in [0.15, 0.2) is 0 Å². The molecule has 0 atom stereocenters. The van der Waals surface area contributed by atoms with Crippen LogP contribution in [0.5, 0.6) is 0 Å². The molecule has 0 spiro atoms. The normalized spacial score (nSPS) is 13.3. The number of thiophene rings is 1. The van der Waals surface area contributed by atoms with Gasteiger partial charge in [0.2, 0.25) is 5.91 Å². The molecule has 6 nitrogen and oxygen atoms in total. The number of fused-ring (bicyclic) bond motifs is 1. The molecule has 8 heteroatoms. The monoisotopic (exact) mass is 395 g/mol. The molecule has 1 amide bonds. The highest BCUT2D eigenvalue weighted by Gasteiger charge is 2.27. The molecule has 0 aliphatic heterocycles. The molecule has 0 saturated heterocycles. The van der Waals surface area contributed by atoms with Crippen molar-refractivity contribution in [3.63, 3.8) is 0 Å². The maximum absolute atomic E-state index is 12.4. The van der Waals surface area contributed by atoms with Crippen LogP contribution in [0.4, 0.5) is 5.00 Å². The maximum atomic E-state index is 12.4. The van der Waals surface area contributed by atoms with E-state index >= 15 is 0 Å². The lowest BCUT2D eigenvalue weighted by molar-refractivity contribution is -0.116. The number of rotatable bonds is 6. The Balaban J connectivity index is 1.74. The van der Waals surface area contributed by atoms with Crippen LogP contribution in [0.2, 0.25) is 5.02 Å². The Morgan fingerprint density at radius 3 is 2.85 bits per heavy atom. The van der Waals surface area contributed by atoms with E-state index in [4.69, 9.17) is 16.3 Å². The largest absolute Gasteiger partial charge is 0.462 e. The molecule has 0 fully saturated rings. The zero-order chi connectivity index (χ0) is 18.7. The van der Waals surface area contributed by atoms with Crippen LogP contribution < -0.4 is 5.32 Å². The molecule has 2 heterocycles. The number of halogens is 1. The average molecular weight is 396 g/mol. The van der Waals surface area contributed by atoms with Crippen molar-refractivity contribution >= 4 is 39.8 Å². The Morgan fingerprint density at radius 1 is 1.38 bits per heavy atom. The summed E-state index contributed by atoms with van der Waals surface area (Å²) >= 11 is 7.48. The van der Waals surface area contributed by atoms with E-state index in [2.05, 4.69) is 10.4 Å². The fraction of sp³-hybridized carbons (Fsp3) is 0.500. The lowest BCUT2D eigenvalue weighted by Crippen LogP contribution is -2.17. The third-order valence-corrected chi connectivity index (χ3v) is 6.08. The summed E-state index contributed by atoms with van der Waals surface area (Å²) in [5.41, 5.74) is 2.42. The average Bonchev–Trinajstić information content (AvgIpc) is 3.13. The molecule has 1 aliphatic carbocycles. The summed E-state index contributed by atoms with van der Waals surface area (Å²) in [7, 11) is 0. The Kier molecular flexibility index (Phi) is 5.98. The molecule has 0 radical (unpaired) electrons. The van der Waals surface area contributed by atoms with Crippen molar-refractivity contribution in [1.29, 1.82) is 0 Å². The number of esters is 1. The third-order valence-electron chi connectivity index (χ3n) is 4.50. The second-order valence-electron chi connectivity index (χ2n) is 6.23. The number of aromatic nitrogens is 2. The van der Waals surface area contributed by atoms with E-state index in [1.807, 2.05) is 6.92 Å². The minimum Gasteiger partial charge on any atom is -0.462 e. The molecule has 0 saturated carbocycles. The molecule has 2 aromatic rings. The van der Waals surface area contributed by atoms with Gasteiger partial charge in [0, 0.05) is 11.3 Å². The Labute approximate surface area is 161 Å². The van der Waals surface area contributed by atoms with Gasteiger partial charge >= 0.3 is 5.97 Å². The molecular weight excluding hydrogens is 374 g/mol. The second kappa shape index (κ2) is 8.22. The fourth-order valence-electron chi connectivity index (χ4n) is 3.12. The molecule has 0 aromatic carbocycles. The maximum Gasteiger partial charge on any atom is 0.341 e. The number of carbonyl (C=O) groups is 2. The number of aryl methyl sites for hydroxylation is 2. The molecule has 1 aliphatic rings. The van der Waals surface area contributed by atoms with E-state index in [1.165, 1.54) is 16.2 Å². The summed E-state index contributed by atoms with van der Waals surface area (Å²) < 4.78 is 6.91. The van der Waals surface area contributed by atoms with Gasteiger partial charge in [-0.15, -0.1) is 11.3 Å². The standard InChI is InChI=1S/C18H22ClN3O3S/c1-3-25-18(24)16-12-6-4-5-7-14(12)26-17(16)21-15(23)8-9-22-11(2)13(19)10-20-22/h10H,3-9H2,1-2H3,(H,21,23). The number of hydrogen-bond donors (Lipinski definition) is 1. The van der Waals surface area contributed by atoms with Gasteiger partial charge < -0.3 is 10.1 Å². The van der Waals surface area contributed by atoms with E-state index in [-0.39, 0.29) is 18.3 Å². The summed E-state index contributed by atoms with van der Waals surface area (Å²) in [4.78, 5) is 26.0. The Morgan fingerprint density at radius 2 is 2.15 bits per heavy atom. The van der Waals surface area contributed by atoms with Gasteiger partial charge in [-0.05, 0) is 45.1 Å². The predicted molar refractivity (Wildman–Crippen MR) is 102 cm³/mol. The highest BCUT2D eigenvalue weighted by molar-refractivity contribution is 7.17. The Hall–Kier alpha value is -1.86. The van der Waals surface area contributed by atoms with Crippen LogP contribution in [0.1, 0.15) is 52.7 Å². The van der Waals surface area contributed by atoms with Gasteiger partial charge in [-0.3, -0.25) is 9.48 Å². The van der Waals surface area contributed by atoms with Crippen LogP contribution >= 0.6 is 22.9 Å². The first-order valence-corrected chi connectivity index (χ1v) is 10.00. The van der Waals surface area contributed by atoms with E-state index in [9.17, 15) is 9.59 Å². The Bertz CT molecular complexity index is 828. The van der Waals surface area contributed by atoms with Crippen LogP contribution in [0.25, 0.3) is 0 Å². The zero-order valence-electron chi connectivity index (χ0n) is 14.9. The summed E-state index contributed by atoms with van der Waals surface area (Å²) in [6.45, 7) is 4.40. The summed E-state index contributed by atoms with van der Waals surface area (Å²) in [6, 6.07) is 0. The quantitative estimate of drug-likeness (QED) is 0.750. The van der Waals surface area contributed by atoms with Crippen molar-refractivity contribution in [2.75, 3.05) is 11.9 Å². The first-order valence-electron chi connectivity index (χ1n) is 8.80. The smallest absolute Gasteiger partial charge is 0.341 e. The number of ether oxygens (including phenoxy) is 1. The number of hydrogen-bond acceptors (Lipinski definition) is 5. The lowest BCUT2D eigenvalue weighted by Gasteiger charge is -2.12. The van der Waals surface area contributed by atoms with Gasteiger partial charge in [-0.2, -0.15) is 5.10 Å². The first-order chi connectivity index (χ1) is 12.5. The van der Waals surface area contributed by atoms with Crippen molar-refractivity contribution < 1.29 is 14.3 Å². The predicted octanol–water partition coefficient (Wildman–Crippen LogP) is 3.99. The molecule has 3 rings (SSSR count). The van der Waals surface area contributed by atoms with Crippen LogP contribution in [0.15, 0.2) is 6.20 Å². The van der Waals surface area contributed by atoms with Crippen LogP contribution in [0, 0.1) is 6.92 Å². The van der Waals surface area contributed by atoms with E-state index in [1.54, 1.807) is 17.8 Å². The summed E-state index contributed by atoms with van der Waals surface area (Å²) in [6.07, 6.45) is 5.81. The van der Waals surface area contributed by atoms with Gasteiger partial charge in [0.05, 0.1) is 35.6 Å². The number of carbonyl (C=O) groups excluding carboxylic acids is 2. The molecule has 140 valence electrons. The number of anilines is 1. The minimum atomic E-state index is -0.350. The molecule has 1 N–H and O–H groups in total. The van der Waals surface area contributed by atoms with Gasteiger partial charge in [0.25, 0.3) is 0 Å². The summed E-state index contributed by atoms with van der Waals surface area (Å²) in [5, 5.41) is 8.25. The van der Waals surface area contributed by atoms with Crippen LogP contribution in [0.3, 0.4) is 0 Å². The molecular formula is C18H22ClN3O3S. The molecule has 0 bridgehead atoms. The highest BCUT2D eigenvalue weighted by atomic mass is 35.5. The van der Waals surface area contributed by atoms with Crippen LogP contribution in [-0.2, 0) is 28.9 Å². The molecule has 26 heavy (non-hydrogen) atoms. The number of nitrogens with zero attached hydrogens (tertiary/aromatic N) is 2. The van der Waals surface area contributed by atoms with Crippen molar-refractivity contribution in [1.82, 2.24) is 9.78 Å². The first kappa shape index (κ1) is 18.9. The van der Waals surface area contributed by atoms with Gasteiger partial charge in [0.1, 0.15) is 5.00 Å². The van der Waals surface area contributed by atoms with Crippen molar-refractivity contribution in [3.8, 4) is 0 Å². The topological polar surface area (TPSA) is 73.2 Å². The molecule has 2 aromatic heterocycles. The minimum absolute atomic E-state index is 0.153. The van der Waals surface area contributed by atoms with Gasteiger partial charge in [-0.25, -0.2) is 4.79 Å². The fourth-order valence-corrected chi connectivity index (χ4v) is 4.55. The van der Waals surface area contributed by atoms with Crippen molar-refractivity contribution in [3.05, 3.63) is 32.9 Å². The number of amides is 1. The van der Waals surface area contributed by atoms with Gasteiger partial charge in [-0.1, -0.05) is 11.6 Å². The SMILES string of the molecule is CCOC(=O)c1c(NC(=O)CCn2ncc(Cl)c2C)sc2c1CCCC2. The number of nitrogens with one attached hydrogen (secondary N) is 1. The van der Waals surface area contributed by atoms with Crippen LogP contribution in [-0.4, -0.2) is 28.3 Å². The molecule has 0 unspecified atom stereocenters. The third kappa shape index (κ3) is 3.94. The van der Waals surface area contributed by atoms with Crippen molar-refractivity contribution in [2.45, 2.75) is 52.5 Å². The second-order valence-corrected chi connectivity index (χ2v) is 7.75. The van der Waals surface area contributed by atoms with E-state index < -0.39 is 0 Å². The lowest BCUT2D eigenvalue weighted by atomic mass is 9.95.